The van der Waals surface area contributed by atoms with Gasteiger partial charge in [-0.1, -0.05) is 51.3 Å². The minimum atomic E-state index is -1.90. The standard InChI is InChI=1S/C51H77N3O10/c1-5-7-27-9-12-30-35(15-10-27)64-45-38(30)33(56)8-6-19-51(45,63)47(4,60)36-18-21-50(62)40-41(54-23-26(2)55)43(59)39-31-13-14-32-29(28-11-16-37(52)53-24-28)17-20-48(61,25-46(36,50)3)44(40)49(32,39)22-34(57)42(31)58/h11,16-17,20,24,26-27,29-39,42,44-45,53-58,60-63H,5-10,12-15,18-19,21-23,25,52H2,1-4H3/t26-,27+,29+,30+,31+,32+,33+,34-,35+,36-,37?,38+,39-,42+,44+,45+,46+,47+,48+,49+,50+,51+/m0/s1. The molecule has 6 saturated carbocycles. The quantitative estimate of drug-likeness (QED) is 0.158. The molecule has 64 heavy (non-hydrogen) atoms. The number of aliphatic hydroxyl groups excluding tert-OH is 4. The Hall–Kier alpha value is -2.17. The number of hydrogen-bond acceptors (Lipinski definition) is 13. The van der Waals surface area contributed by atoms with Crippen LogP contribution in [0.4, 0.5) is 0 Å². The molecule has 0 aromatic carbocycles. The molecule has 8 aliphatic carbocycles. The first-order chi connectivity index (χ1) is 30.3. The van der Waals surface area contributed by atoms with Crippen LogP contribution in [0, 0.1) is 64.1 Å². The summed E-state index contributed by atoms with van der Waals surface area (Å²) in [5.41, 5.74) is -2.08. The van der Waals surface area contributed by atoms with Crippen molar-refractivity contribution in [2.45, 2.75) is 189 Å². The molecule has 1 unspecified atom stereocenters. The third-order valence-corrected chi connectivity index (χ3v) is 20.2. The molecule has 2 aliphatic heterocycles. The van der Waals surface area contributed by atoms with Gasteiger partial charge in [-0.25, -0.2) is 0 Å². The van der Waals surface area contributed by atoms with E-state index in [0.29, 0.717) is 37.2 Å². The summed E-state index contributed by atoms with van der Waals surface area (Å²) in [4.78, 5) is 15.7. The number of nitrogens with one attached hydrogen (secondary N) is 2. The Morgan fingerprint density at radius 3 is 2.47 bits per heavy atom. The number of ether oxygens (including phenoxy) is 1. The molecule has 0 radical (unpaired) electrons. The molecule has 1 spiro atoms. The Kier molecular flexibility index (Phi) is 11.2. The third kappa shape index (κ3) is 6.19. The van der Waals surface area contributed by atoms with Crippen molar-refractivity contribution in [1.29, 1.82) is 0 Å². The predicted octanol–water partition coefficient (Wildman–Crippen LogP) is 2.98. The van der Waals surface area contributed by atoms with Crippen molar-refractivity contribution in [3.63, 3.8) is 0 Å². The van der Waals surface area contributed by atoms with Gasteiger partial charge in [-0.15, -0.1) is 0 Å². The average molecular weight is 892 g/mol. The summed E-state index contributed by atoms with van der Waals surface area (Å²) in [7, 11) is 0. The molecule has 13 heteroatoms. The van der Waals surface area contributed by atoms with Crippen LogP contribution in [0.5, 0.6) is 0 Å². The van der Waals surface area contributed by atoms with Crippen molar-refractivity contribution >= 4 is 5.78 Å². The fourth-order valence-electron chi connectivity index (χ4n) is 17.6. The van der Waals surface area contributed by atoms with Gasteiger partial charge in [0, 0.05) is 41.8 Å². The van der Waals surface area contributed by atoms with Crippen LogP contribution in [-0.4, -0.2) is 118 Å². The second-order valence-electron chi connectivity index (χ2n) is 23.3. The average Bonchev–Trinajstić information content (AvgIpc) is 3.57. The molecule has 356 valence electrons. The lowest BCUT2D eigenvalue weighted by Crippen LogP contribution is -2.75. The van der Waals surface area contributed by atoms with Crippen LogP contribution in [0.2, 0.25) is 0 Å². The van der Waals surface area contributed by atoms with Crippen LogP contribution in [-0.2, 0) is 9.53 Å². The van der Waals surface area contributed by atoms with Gasteiger partial charge in [0.05, 0.1) is 65.3 Å². The summed E-state index contributed by atoms with van der Waals surface area (Å²) in [6.45, 7) is 7.40. The first-order valence-electron chi connectivity index (χ1n) is 25.2. The molecule has 2 heterocycles. The highest BCUT2D eigenvalue weighted by Crippen LogP contribution is 2.77. The molecule has 7 fully saturated rings. The number of carbonyl (C=O) groups excluding carboxylic acids is 1. The Balaban J connectivity index is 1.12. The first kappa shape index (κ1) is 45.6. The molecule has 10 rings (SSSR count). The van der Waals surface area contributed by atoms with E-state index in [9.17, 15) is 40.9 Å². The fourth-order valence-corrected chi connectivity index (χ4v) is 17.6. The number of fused-ring (bicyclic) bond motifs is 5. The largest absolute Gasteiger partial charge is 0.393 e. The second kappa shape index (κ2) is 15.7. The summed E-state index contributed by atoms with van der Waals surface area (Å²) >= 11 is 0. The number of rotatable bonds is 8. The molecule has 0 aromatic heterocycles. The lowest BCUT2D eigenvalue weighted by atomic mass is 9.35. The van der Waals surface area contributed by atoms with Crippen molar-refractivity contribution < 1.29 is 50.4 Å². The molecule has 13 nitrogen and oxygen atoms in total. The normalized spacial score (nSPS) is 53.0. The minimum absolute atomic E-state index is 0.00523. The number of hydrogen-bond donors (Lipinski definition) is 11. The van der Waals surface area contributed by atoms with E-state index < -0.39 is 87.4 Å². The van der Waals surface area contributed by atoms with Crippen molar-refractivity contribution in [1.82, 2.24) is 10.6 Å². The number of aliphatic hydroxyl groups is 8. The fraction of sp³-hybridized carbons (Fsp3) is 0.824. The van der Waals surface area contributed by atoms with Crippen LogP contribution in [0.1, 0.15) is 124 Å². The van der Waals surface area contributed by atoms with E-state index in [1.807, 2.05) is 37.4 Å². The topological polar surface area (TPSA) is 238 Å². The lowest BCUT2D eigenvalue weighted by molar-refractivity contribution is -0.268. The molecule has 12 N–H and O–H groups in total. The Morgan fingerprint density at radius 1 is 1.00 bits per heavy atom. The summed E-state index contributed by atoms with van der Waals surface area (Å²) in [5, 5.41) is 108. The van der Waals surface area contributed by atoms with Gasteiger partial charge in [0.25, 0.3) is 0 Å². The van der Waals surface area contributed by atoms with E-state index in [1.165, 1.54) is 0 Å². The van der Waals surface area contributed by atoms with Gasteiger partial charge >= 0.3 is 0 Å². The van der Waals surface area contributed by atoms with Crippen molar-refractivity contribution in [2.75, 3.05) is 6.54 Å². The SMILES string of the molecule is CCC[C@@H]1CC[C@H]2[C@@H]3[C@H](O)CCC[C@](O)([C@](C)(O)[C@H]4CC[C@@]5(O)C6=C(NC[C@H](C)O)C(=O)[C@@H]7[C@H]8CC[C@@H]9[C@@H](C%10=CNC(N)C=C%10)C=C[C@@](O)(C[C@]45C)[C@@H]6[C@]97C[C@H](O)[C@@H]8O)[C@@H]3O[C@@H]2CC1. The van der Waals surface area contributed by atoms with Crippen LogP contribution >= 0.6 is 0 Å². The van der Waals surface area contributed by atoms with Crippen molar-refractivity contribution in [2.24, 2.45) is 69.8 Å². The van der Waals surface area contributed by atoms with Gasteiger partial charge in [0.2, 0.25) is 0 Å². The van der Waals surface area contributed by atoms with E-state index in [4.69, 9.17) is 10.5 Å². The molecule has 0 amide bonds. The number of Topliss-reactive ketones (excluding diaryl/α,β-unsaturated/α-hetero) is 1. The Bertz CT molecular complexity index is 1990. The highest BCUT2D eigenvalue weighted by Gasteiger charge is 2.80. The van der Waals surface area contributed by atoms with Crippen LogP contribution < -0.4 is 16.4 Å². The molecular formula is C51H77N3O10. The Labute approximate surface area is 378 Å². The second-order valence-corrected chi connectivity index (χ2v) is 23.3. The van der Waals surface area contributed by atoms with Crippen molar-refractivity contribution in [3.8, 4) is 0 Å². The van der Waals surface area contributed by atoms with E-state index >= 15 is 4.79 Å². The predicted molar refractivity (Wildman–Crippen MR) is 238 cm³/mol. The lowest BCUT2D eigenvalue weighted by Gasteiger charge is -2.70. The summed E-state index contributed by atoms with van der Waals surface area (Å²) in [5.74, 6) is -3.74. The summed E-state index contributed by atoms with van der Waals surface area (Å²) in [6.07, 6.45) is 13.1. The van der Waals surface area contributed by atoms with E-state index in [1.54, 1.807) is 13.8 Å². The van der Waals surface area contributed by atoms with Crippen LogP contribution in [0.3, 0.4) is 0 Å². The summed E-state index contributed by atoms with van der Waals surface area (Å²) in [6, 6.07) is 0. The highest BCUT2D eigenvalue weighted by atomic mass is 16.5. The van der Waals surface area contributed by atoms with Crippen LogP contribution in [0.15, 0.2) is 47.3 Å². The first-order valence-corrected chi connectivity index (χ1v) is 25.2. The van der Waals surface area contributed by atoms with Crippen molar-refractivity contribution in [3.05, 3.63) is 47.3 Å². The molecule has 2 bridgehead atoms. The zero-order valence-corrected chi connectivity index (χ0v) is 38.4. The molecule has 22 atom stereocenters. The van der Waals surface area contributed by atoms with Gasteiger partial charge in [-0.2, -0.15) is 0 Å². The minimum Gasteiger partial charge on any atom is -0.393 e. The number of carbonyl (C=O) groups is 1. The number of ketones is 1. The van der Waals surface area contributed by atoms with E-state index in [-0.39, 0.29) is 86.1 Å². The Morgan fingerprint density at radius 2 is 1.75 bits per heavy atom. The monoisotopic (exact) mass is 892 g/mol. The smallest absolute Gasteiger partial charge is 0.182 e. The number of allylic oxidation sites excluding steroid dienone is 4. The zero-order valence-electron chi connectivity index (χ0n) is 38.4. The third-order valence-electron chi connectivity index (χ3n) is 20.2. The maximum Gasteiger partial charge on any atom is 0.182 e. The van der Waals surface area contributed by atoms with Gasteiger partial charge < -0.3 is 62.0 Å². The molecular weight excluding hydrogens is 815 g/mol. The molecule has 0 aromatic rings. The number of nitrogens with two attached hydrogens (primary N) is 1. The van der Waals surface area contributed by atoms with Gasteiger partial charge in [0.1, 0.15) is 5.60 Å². The molecule has 10 aliphatic rings. The molecule has 1 saturated heterocycles. The maximum absolute atomic E-state index is 15.7. The highest BCUT2D eigenvalue weighted by molar-refractivity contribution is 6.00. The van der Waals surface area contributed by atoms with Gasteiger partial charge in [-0.05, 0) is 143 Å². The van der Waals surface area contributed by atoms with Gasteiger partial charge in [0.15, 0.2) is 5.78 Å². The number of dihydropyridines is 1. The zero-order chi connectivity index (χ0) is 45.5. The van der Waals surface area contributed by atoms with E-state index in [0.717, 1.165) is 44.1 Å². The van der Waals surface area contributed by atoms with Crippen LogP contribution in [0.25, 0.3) is 0 Å². The van der Waals surface area contributed by atoms with Gasteiger partial charge in [-0.3, -0.25) is 4.79 Å². The van der Waals surface area contributed by atoms with E-state index in [2.05, 4.69) is 17.6 Å². The maximum atomic E-state index is 15.7. The summed E-state index contributed by atoms with van der Waals surface area (Å²) < 4.78 is 6.99.